The minimum Gasteiger partial charge on any atom is -0.394 e. The SMILES string of the molecule is Nc1nc(=O)n(C(=O)C(F)(F)[C@H](O)[C@@H](O)CO)cc1/C=C/I. The molecule has 0 aliphatic heterocycles. The number of anilines is 1. The van der Waals surface area contributed by atoms with Crippen LogP contribution in [0.2, 0.25) is 0 Å². The smallest absolute Gasteiger partial charge is 0.356 e. The molecule has 1 rings (SSSR count). The second-order valence-corrected chi connectivity index (χ2v) is 4.87. The lowest BCUT2D eigenvalue weighted by atomic mass is 10.1. The lowest BCUT2D eigenvalue weighted by molar-refractivity contribution is -0.136. The van der Waals surface area contributed by atoms with Crippen LogP contribution in [0.3, 0.4) is 0 Å². The molecule has 0 bridgehead atoms. The van der Waals surface area contributed by atoms with E-state index in [1.165, 1.54) is 10.2 Å². The monoisotopic (exact) mass is 431 g/mol. The number of aliphatic hydroxyl groups excluding tert-OH is 3. The average molecular weight is 431 g/mol. The summed E-state index contributed by atoms with van der Waals surface area (Å²) >= 11 is 1.80. The molecule has 0 saturated heterocycles. The highest BCUT2D eigenvalue weighted by molar-refractivity contribution is 14.1. The molecule has 0 aromatic carbocycles. The highest BCUT2D eigenvalue weighted by atomic mass is 127. The van der Waals surface area contributed by atoms with E-state index in [9.17, 15) is 23.5 Å². The van der Waals surface area contributed by atoms with Crippen LogP contribution in [0.15, 0.2) is 15.1 Å². The van der Waals surface area contributed by atoms with Crippen molar-refractivity contribution < 1.29 is 28.9 Å². The van der Waals surface area contributed by atoms with Crippen molar-refractivity contribution in [1.82, 2.24) is 9.55 Å². The van der Waals surface area contributed by atoms with Gasteiger partial charge in [0.05, 0.1) is 6.61 Å². The molecule has 0 unspecified atom stereocenters. The van der Waals surface area contributed by atoms with Crippen LogP contribution in [-0.2, 0) is 0 Å². The molecule has 22 heavy (non-hydrogen) atoms. The van der Waals surface area contributed by atoms with Gasteiger partial charge in [0.2, 0.25) is 0 Å². The van der Waals surface area contributed by atoms with Crippen molar-refractivity contribution in [2.45, 2.75) is 18.1 Å². The van der Waals surface area contributed by atoms with E-state index in [0.717, 1.165) is 6.20 Å². The molecule has 0 aliphatic rings. The van der Waals surface area contributed by atoms with Gasteiger partial charge in [-0.1, -0.05) is 22.6 Å². The van der Waals surface area contributed by atoms with Crippen LogP contribution >= 0.6 is 22.6 Å². The number of aromatic nitrogens is 2. The van der Waals surface area contributed by atoms with Crippen LogP contribution in [0.1, 0.15) is 10.4 Å². The summed E-state index contributed by atoms with van der Waals surface area (Å²) in [4.78, 5) is 26.5. The van der Waals surface area contributed by atoms with Crippen LogP contribution < -0.4 is 11.4 Å². The second kappa shape index (κ2) is 7.21. The topological polar surface area (TPSA) is 139 Å². The minimum atomic E-state index is -4.52. The predicted octanol–water partition coefficient (Wildman–Crippen LogP) is -0.779. The molecule has 0 fully saturated rings. The number of carbonyl (C=O) groups excluding carboxylic acids is 1. The first-order valence-electron chi connectivity index (χ1n) is 5.72. The first-order chi connectivity index (χ1) is 10.2. The maximum atomic E-state index is 13.8. The second-order valence-electron chi connectivity index (χ2n) is 4.15. The van der Waals surface area contributed by atoms with Gasteiger partial charge in [-0.25, -0.2) is 9.36 Å². The van der Waals surface area contributed by atoms with Crippen molar-refractivity contribution in [2.75, 3.05) is 12.3 Å². The van der Waals surface area contributed by atoms with Crippen molar-refractivity contribution in [3.8, 4) is 0 Å². The molecule has 1 heterocycles. The summed E-state index contributed by atoms with van der Waals surface area (Å²) in [6, 6.07) is 0. The number of carbonyl (C=O) groups is 1. The molecule has 8 nitrogen and oxygen atoms in total. The van der Waals surface area contributed by atoms with Gasteiger partial charge < -0.3 is 21.1 Å². The van der Waals surface area contributed by atoms with Gasteiger partial charge in [-0.3, -0.25) is 4.79 Å². The van der Waals surface area contributed by atoms with E-state index >= 15 is 0 Å². The van der Waals surface area contributed by atoms with Gasteiger partial charge in [-0.05, 0) is 10.2 Å². The number of hydrogen-bond acceptors (Lipinski definition) is 7. The Kier molecular flexibility index (Phi) is 6.10. The first kappa shape index (κ1) is 18.6. The fourth-order valence-corrected chi connectivity index (χ4v) is 1.84. The Morgan fingerprint density at radius 1 is 1.55 bits per heavy atom. The summed E-state index contributed by atoms with van der Waals surface area (Å²) in [5.74, 6) is -6.89. The number of hydrogen-bond donors (Lipinski definition) is 4. The molecular weight excluding hydrogens is 419 g/mol. The van der Waals surface area contributed by atoms with Crippen molar-refractivity contribution in [2.24, 2.45) is 0 Å². The molecule has 0 saturated carbocycles. The lowest BCUT2D eigenvalue weighted by Gasteiger charge is -2.24. The van der Waals surface area contributed by atoms with Gasteiger partial charge in [0.15, 0.2) is 6.10 Å². The van der Waals surface area contributed by atoms with Crippen LogP contribution in [-0.4, -0.2) is 55.5 Å². The Hall–Kier alpha value is -1.44. The van der Waals surface area contributed by atoms with Crippen molar-refractivity contribution in [3.63, 3.8) is 0 Å². The Morgan fingerprint density at radius 3 is 2.64 bits per heavy atom. The number of rotatable bonds is 5. The molecule has 0 spiro atoms. The van der Waals surface area contributed by atoms with E-state index in [1.54, 1.807) is 22.6 Å². The van der Waals surface area contributed by atoms with E-state index in [4.69, 9.17) is 15.9 Å². The van der Waals surface area contributed by atoms with Gasteiger partial charge in [0.25, 0.3) is 0 Å². The maximum absolute atomic E-state index is 13.8. The molecule has 2 atom stereocenters. The first-order valence-corrected chi connectivity index (χ1v) is 6.96. The Balaban J connectivity index is 3.33. The van der Waals surface area contributed by atoms with E-state index in [2.05, 4.69) is 4.98 Å². The van der Waals surface area contributed by atoms with Crippen LogP contribution in [0.5, 0.6) is 0 Å². The van der Waals surface area contributed by atoms with Crippen molar-refractivity contribution in [3.05, 3.63) is 26.3 Å². The highest BCUT2D eigenvalue weighted by Gasteiger charge is 2.51. The zero-order chi connectivity index (χ0) is 17.1. The third-order valence-electron chi connectivity index (χ3n) is 2.66. The molecule has 0 amide bonds. The summed E-state index contributed by atoms with van der Waals surface area (Å²) in [7, 11) is 0. The van der Waals surface area contributed by atoms with E-state index in [0.29, 0.717) is 0 Å². The van der Waals surface area contributed by atoms with Crippen molar-refractivity contribution >= 4 is 40.4 Å². The molecule has 5 N–H and O–H groups in total. The third kappa shape index (κ3) is 3.66. The van der Waals surface area contributed by atoms with Gasteiger partial charge in [-0.2, -0.15) is 13.8 Å². The van der Waals surface area contributed by atoms with Crippen molar-refractivity contribution in [1.29, 1.82) is 0 Å². The molecule has 0 radical (unpaired) electrons. The summed E-state index contributed by atoms with van der Waals surface area (Å²) < 4.78 is 29.1. The number of nitrogen functional groups attached to an aromatic ring is 1. The van der Waals surface area contributed by atoms with Crippen LogP contribution in [0.25, 0.3) is 6.08 Å². The number of nitrogens with two attached hydrogens (primary N) is 1. The number of alkyl halides is 2. The summed E-state index contributed by atoms with van der Waals surface area (Å²) in [6.45, 7) is -1.19. The number of nitrogens with zero attached hydrogens (tertiary/aromatic N) is 2. The van der Waals surface area contributed by atoms with Gasteiger partial charge in [-0.15, -0.1) is 0 Å². The molecule has 0 aliphatic carbocycles. The Labute approximate surface area is 136 Å². The molecule has 1 aromatic rings. The van der Waals surface area contributed by atoms with Gasteiger partial charge in [0.1, 0.15) is 11.9 Å². The fourth-order valence-electron chi connectivity index (χ4n) is 1.45. The zero-order valence-electron chi connectivity index (χ0n) is 10.9. The highest BCUT2D eigenvalue weighted by Crippen LogP contribution is 2.23. The molecule has 1 aromatic heterocycles. The van der Waals surface area contributed by atoms with E-state index in [1.807, 2.05) is 0 Å². The maximum Gasteiger partial charge on any atom is 0.356 e. The van der Waals surface area contributed by atoms with Crippen LogP contribution in [0, 0.1) is 0 Å². The lowest BCUT2D eigenvalue weighted by Crippen LogP contribution is -2.53. The summed E-state index contributed by atoms with van der Waals surface area (Å²) in [5.41, 5.74) is 4.09. The zero-order valence-corrected chi connectivity index (χ0v) is 13.0. The Bertz CT molecular complexity index is 649. The van der Waals surface area contributed by atoms with Crippen LogP contribution in [0.4, 0.5) is 14.6 Å². The van der Waals surface area contributed by atoms with E-state index in [-0.39, 0.29) is 15.9 Å². The number of aliphatic hydroxyl groups is 3. The molecule has 122 valence electrons. The standard InChI is InChI=1S/C11H12F2IN3O5/c12-11(13,7(20)6(19)4-18)9(21)17-3-5(1-2-14)8(15)16-10(17)22/h1-3,6-7,18-20H,4H2,(H2,15,16,22)/b2-1+/t6-,7+/m0/s1. The normalized spacial score (nSPS) is 15.0. The quantitative estimate of drug-likeness (QED) is 0.449. The number of halogens is 3. The summed E-state index contributed by atoms with van der Waals surface area (Å²) in [5, 5.41) is 26.8. The molecular formula is C11H12F2IN3O5. The molecule has 11 heteroatoms. The Morgan fingerprint density at radius 2 is 2.14 bits per heavy atom. The fraction of sp³-hybridized carbons (Fsp3) is 0.364. The largest absolute Gasteiger partial charge is 0.394 e. The average Bonchev–Trinajstić information content (AvgIpc) is 2.47. The van der Waals surface area contributed by atoms with E-state index < -0.39 is 36.3 Å². The summed E-state index contributed by atoms with van der Waals surface area (Å²) in [6.07, 6.45) is -3.08. The van der Waals surface area contributed by atoms with Gasteiger partial charge in [0, 0.05) is 11.8 Å². The third-order valence-corrected chi connectivity index (χ3v) is 3.02. The van der Waals surface area contributed by atoms with Gasteiger partial charge >= 0.3 is 17.5 Å². The predicted molar refractivity (Wildman–Crippen MR) is 80.6 cm³/mol. The minimum absolute atomic E-state index is 0.0182.